The number of hydrogen-bond donors (Lipinski definition) is 1. The van der Waals surface area contributed by atoms with Crippen LogP contribution in [0, 0.1) is 0 Å². The molecule has 0 radical (unpaired) electrons. The normalized spacial score (nSPS) is 13.5. The van der Waals surface area contributed by atoms with Crippen molar-refractivity contribution in [2.45, 2.75) is 232 Å². The largest absolute Gasteiger partial charge is 0.477 e. The number of esters is 2. The predicted octanol–water partition coefficient (Wildman–Crippen LogP) is 16.6. The lowest BCUT2D eigenvalue weighted by atomic mass is 10.0. The number of ether oxygens (including phenoxy) is 4. The third-order valence-corrected chi connectivity index (χ3v) is 11.8. The Hall–Kier alpha value is -3.79. The number of quaternary nitrogens is 1. The van der Waals surface area contributed by atoms with Crippen molar-refractivity contribution >= 4 is 17.9 Å². The fraction of sp³-hybridized carbons (Fsp3) is 0.694. The van der Waals surface area contributed by atoms with Crippen LogP contribution in [0.5, 0.6) is 0 Å². The Kier molecular flexibility index (Phi) is 49.7. The van der Waals surface area contributed by atoms with E-state index in [1.54, 1.807) is 0 Å². The summed E-state index contributed by atoms with van der Waals surface area (Å²) in [5.74, 6) is -2.03. The Morgan fingerprint density at radius 3 is 1.20 bits per heavy atom. The second kappa shape index (κ2) is 52.5. The number of hydrogen-bond acceptors (Lipinski definition) is 7. The highest BCUT2D eigenvalue weighted by atomic mass is 16.7. The molecule has 0 aromatic rings. The summed E-state index contributed by atoms with van der Waals surface area (Å²) in [5, 5.41) is 9.69. The SMILES string of the molecule is CC/C=C\C/C=C\C/C=C\C/C=C\C/C=C\C/C=C\CCCCCCCCCCCCCCC(=O)OC(COC(=O)CCCCCCC/C=C\C/C=C\CCCCC)COC(OCC[N+](C)(C)C)C(=O)O. The fourth-order valence-corrected chi connectivity index (χ4v) is 7.46. The molecule has 0 heterocycles. The Balaban J connectivity index is 4.22. The lowest BCUT2D eigenvalue weighted by molar-refractivity contribution is -0.870. The minimum absolute atomic E-state index is 0.181. The molecule has 0 aromatic carbocycles. The number of carbonyl (C=O) groups excluding carboxylic acids is 2. The van der Waals surface area contributed by atoms with Gasteiger partial charge in [-0.15, -0.1) is 0 Å². The van der Waals surface area contributed by atoms with E-state index in [1.807, 2.05) is 21.1 Å². The van der Waals surface area contributed by atoms with Crippen LogP contribution in [0.3, 0.4) is 0 Å². The molecule has 0 aromatic heterocycles. The average Bonchev–Trinajstić information content (AvgIpc) is 3.34. The zero-order valence-corrected chi connectivity index (χ0v) is 46.1. The van der Waals surface area contributed by atoms with Gasteiger partial charge in [0.1, 0.15) is 13.2 Å². The van der Waals surface area contributed by atoms with Gasteiger partial charge in [0.25, 0.3) is 6.29 Å². The van der Waals surface area contributed by atoms with Crippen LogP contribution in [0.2, 0.25) is 0 Å². The first-order chi connectivity index (χ1) is 34.6. The molecular weight excluding hydrogens is 887 g/mol. The van der Waals surface area contributed by atoms with Gasteiger partial charge in [-0.1, -0.05) is 207 Å². The van der Waals surface area contributed by atoms with E-state index in [0.29, 0.717) is 17.4 Å². The maximum absolute atomic E-state index is 12.9. The molecule has 0 saturated carbocycles. The molecule has 0 bridgehead atoms. The molecule has 9 heteroatoms. The van der Waals surface area contributed by atoms with E-state index in [1.165, 1.54) is 83.5 Å². The van der Waals surface area contributed by atoms with Crippen molar-refractivity contribution < 1.29 is 42.9 Å². The van der Waals surface area contributed by atoms with Crippen LogP contribution in [0.15, 0.2) is 97.2 Å². The molecule has 0 aliphatic rings. The van der Waals surface area contributed by atoms with Gasteiger partial charge in [0.15, 0.2) is 6.10 Å². The van der Waals surface area contributed by atoms with E-state index in [9.17, 15) is 19.5 Å². The van der Waals surface area contributed by atoms with Crippen molar-refractivity contribution in [1.29, 1.82) is 0 Å². The standard InChI is InChI=1S/C62H105NO8/c1-6-8-10-12-14-16-18-20-22-23-24-25-26-27-28-29-30-31-32-33-34-35-36-37-39-41-43-45-47-49-51-53-60(65)71-58(57-70-62(61(66)67)68-55-54-63(3,4)5)56-69-59(64)52-50-48-46-44-42-40-38-21-19-17-15-13-11-9-7-2/h8,10,14-17,20-22,24-25,27-28,30-31,38,58,62H,6-7,9,11-13,18-19,23,26,29,32-37,39-57H2,1-5H3/p+1/b10-8-,16-14-,17-15-,22-20-,25-24-,28-27-,31-30-,38-21-. The minimum Gasteiger partial charge on any atom is -0.477 e. The summed E-state index contributed by atoms with van der Waals surface area (Å²) in [6.45, 7) is 4.71. The van der Waals surface area contributed by atoms with Crippen LogP contribution < -0.4 is 0 Å². The summed E-state index contributed by atoms with van der Waals surface area (Å²) in [6, 6.07) is 0. The highest BCUT2D eigenvalue weighted by Gasteiger charge is 2.25. The zero-order valence-electron chi connectivity index (χ0n) is 46.1. The Morgan fingerprint density at radius 1 is 0.437 bits per heavy atom. The van der Waals surface area contributed by atoms with Crippen LogP contribution in [-0.4, -0.2) is 87.4 Å². The monoisotopic (exact) mass is 993 g/mol. The van der Waals surface area contributed by atoms with Gasteiger partial charge >= 0.3 is 17.9 Å². The summed E-state index contributed by atoms with van der Waals surface area (Å²) in [4.78, 5) is 37.4. The molecule has 9 nitrogen and oxygen atoms in total. The van der Waals surface area contributed by atoms with E-state index in [-0.39, 0.29) is 38.6 Å². The lowest BCUT2D eigenvalue weighted by Crippen LogP contribution is -2.40. The van der Waals surface area contributed by atoms with E-state index in [2.05, 4.69) is 111 Å². The van der Waals surface area contributed by atoms with Crippen LogP contribution in [-0.2, 0) is 33.3 Å². The zero-order chi connectivity index (χ0) is 52.0. The van der Waals surface area contributed by atoms with Gasteiger partial charge in [0.2, 0.25) is 0 Å². The number of likely N-dealkylation sites (N-methyl/N-ethyl adjacent to an activating group) is 1. The van der Waals surface area contributed by atoms with Crippen molar-refractivity contribution in [1.82, 2.24) is 0 Å². The van der Waals surface area contributed by atoms with Crippen molar-refractivity contribution in [2.75, 3.05) is 47.5 Å². The Bertz CT molecular complexity index is 1480. The van der Waals surface area contributed by atoms with Crippen LogP contribution >= 0.6 is 0 Å². The first-order valence-electron chi connectivity index (χ1n) is 28.4. The van der Waals surface area contributed by atoms with Crippen molar-refractivity contribution in [3.05, 3.63) is 97.2 Å². The van der Waals surface area contributed by atoms with Crippen molar-refractivity contribution in [3.8, 4) is 0 Å². The van der Waals surface area contributed by atoms with Gasteiger partial charge in [-0.3, -0.25) is 9.59 Å². The van der Waals surface area contributed by atoms with Crippen LogP contribution in [0.1, 0.15) is 219 Å². The smallest absolute Gasteiger partial charge is 0.361 e. The minimum atomic E-state index is -1.52. The maximum atomic E-state index is 12.9. The lowest BCUT2D eigenvalue weighted by Gasteiger charge is -2.25. The quantitative estimate of drug-likeness (QED) is 0.0211. The summed E-state index contributed by atoms with van der Waals surface area (Å²) in [6.07, 6.45) is 67.7. The fourth-order valence-electron chi connectivity index (χ4n) is 7.46. The molecule has 406 valence electrons. The van der Waals surface area contributed by atoms with Crippen LogP contribution in [0.25, 0.3) is 0 Å². The molecule has 0 rings (SSSR count). The second-order valence-corrected chi connectivity index (χ2v) is 19.9. The Labute approximate surface area is 435 Å². The van der Waals surface area contributed by atoms with Crippen LogP contribution in [0.4, 0.5) is 0 Å². The molecule has 0 aliphatic carbocycles. The van der Waals surface area contributed by atoms with Gasteiger partial charge in [-0.2, -0.15) is 0 Å². The van der Waals surface area contributed by atoms with Crippen molar-refractivity contribution in [2.24, 2.45) is 0 Å². The number of carboxylic acids is 1. The molecule has 71 heavy (non-hydrogen) atoms. The number of carbonyl (C=O) groups is 3. The van der Waals surface area contributed by atoms with Gasteiger partial charge in [0.05, 0.1) is 34.4 Å². The molecule has 0 saturated heterocycles. The summed E-state index contributed by atoms with van der Waals surface area (Å²) < 4.78 is 22.8. The van der Waals surface area contributed by atoms with Gasteiger partial charge in [0, 0.05) is 12.8 Å². The van der Waals surface area contributed by atoms with E-state index >= 15 is 0 Å². The average molecular weight is 994 g/mol. The molecule has 0 fully saturated rings. The van der Waals surface area contributed by atoms with Gasteiger partial charge in [-0.25, -0.2) is 4.79 Å². The number of unbranched alkanes of at least 4 members (excludes halogenated alkanes) is 20. The molecule has 0 amide bonds. The summed E-state index contributed by atoms with van der Waals surface area (Å²) >= 11 is 0. The summed E-state index contributed by atoms with van der Waals surface area (Å²) in [7, 11) is 5.95. The molecule has 1 N–H and O–H groups in total. The predicted molar refractivity (Wildman–Crippen MR) is 299 cm³/mol. The first kappa shape index (κ1) is 67.2. The van der Waals surface area contributed by atoms with Gasteiger partial charge in [-0.05, 0) is 96.3 Å². The summed E-state index contributed by atoms with van der Waals surface area (Å²) in [5.41, 5.74) is 0. The molecular formula is C62H106NO8+. The highest BCUT2D eigenvalue weighted by molar-refractivity contribution is 5.71. The highest BCUT2D eigenvalue weighted by Crippen LogP contribution is 2.15. The van der Waals surface area contributed by atoms with Gasteiger partial charge < -0.3 is 28.5 Å². The number of nitrogens with zero attached hydrogens (tertiary/aromatic N) is 1. The second-order valence-electron chi connectivity index (χ2n) is 19.9. The van der Waals surface area contributed by atoms with E-state index in [0.717, 1.165) is 103 Å². The number of rotatable bonds is 51. The third-order valence-electron chi connectivity index (χ3n) is 11.8. The number of carboxylic acid groups (broad SMARTS) is 1. The number of aliphatic carboxylic acids is 1. The molecule has 2 unspecified atom stereocenters. The molecule has 2 atom stereocenters. The number of allylic oxidation sites excluding steroid dienone is 16. The maximum Gasteiger partial charge on any atom is 0.361 e. The van der Waals surface area contributed by atoms with Crippen molar-refractivity contribution in [3.63, 3.8) is 0 Å². The third kappa shape index (κ3) is 53.8. The Morgan fingerprint density at radius 2 is 0.803 bits per heavy atom. The first-order valence-corrected chi connectivity index (χ1v) is 28.4. The van der Waals surface area contributed by atoms with E-state index in [4.69, 9.17) is 18.9 Å². The van der Waals surface area contributed by atoms with E-state index < -0.39 is 24.3 Å². The molecule has 0 spiro atoms. The topological polar surface area (TPSA) is 108 Å². The molecule has 0 aliphatic heterocycles.